The summed E-state index contributed by atoms with van der Waals surface area (Å²) in [6.45, 7) is 1.98. The van der Waals surface area contributed by atoms with E-state index in [2.05, 4.69) is 0 Å². The van der Waals surface area contributed by atoms with Crippen molar-refractivity contribution in [2.45, 2.75) is 19.8 Å². The number of carbonyl (C=O) groups excluding carboxylic acids is 1. The van der Waals surface area contributed by atoms with E-state index in [9.17, 15) is 4.79 Å². The molecular formula is C13H12N2O2. The second-order valence-electron chi connectivity index (χ2n) is 3.37. The number of aryl methyl sites for hydroxylation is 1. The van der Waals surface area contributed by atoms with E-state index in [1.54, 1.807) is 25.1 Å². The number of ether oxygens (including phenoxy) is 1. The van der Waals surface area contributed by atoms with Crippen LogP contribution in [0, 0.1) is 22.7 Å². The van der Waals surface area contributed by atoms with Crippen LogP contribution in [0.4, 0.5) is 0 Å². The fourth-order valence-electron chi connectivity index (χ4n) is 1.42. The van der Waals surface area contributed by atoms with Crippen molar-refractivity contribution in [1.29, 1.82) is 10.5 Å². The molecule has 17 heavy (non-hydrogen) atoms. The van der Waals surface area contributed by atoms with Gasteiger partial charge in [-0.1, -0.05) is 6.07 Å². The van der Waals surface area contributed by atoms with E-state index in [0.717, 1.165) is 5.56 Å². The Morgan fingerprint density at radius 2 is 2.18 bits per heavy atom. The Balaban J connectivity index is 3.04. The summed E-state index contributed by atoms with van der Waals surface area (Å²) in [7, 11) is 0. The van der Waals surface area contributed by atoms with Crippen molar-refractivity contribution in [3.8, 4) is 12.1 Å². The van der Waals surface area contributed by atoms with E-state index in [-0.39, 0.29) is 12.2 Å². The lowest BCUT2D eigenvalue weighted by atomic mass is 10.0. The number of benzene rings is 1. The lowest BCUT2D eigenvalue weighted by molar-refractivity contribution is 0.0526. The molecule has 0 unspecified atom stereocenters. The van der Waals surface area contributed by atoms with E-state index >= 15 is 0 Å². The second-order valence-corrected chi connectivity index (χ2v) is 3.37. The topological polar surface area (TPSA) is 73.9 Å². The Morgan fingerprint density at radius 3 is 2.76 bits per heavy atom. The van der Waals surface area contributed by atoms with E-state index in [1.165, 1.54) is 0 Å². The van der Waals surface area contributed by atoms with Crippen LogP contribution in [0.2, 0.25) is 0 Å². The molecule has 86 valence electrons. The number of carbonyl (C=O) groups is 1. The number of hydrogen-bond donors (Lipinski definition) is 0. The van der Waals surface area contributed by atoms with E-state index in [4.69, 9.17) is 15.3 Å². The smallest absolute Gasteiger partial charge is 0.339 e. The Labute approximate surface area is 100 Å². The van der Waals surface area contributed by atoms with Crippen molar-refractivity contribution in [3.63, 3.8) is 0 Å². The summed E-state index contributed by atoms with van der Waals surface area (Å²) in [6, 6.07) is 8.94. The van der Waals surface area contributed by atoms with Gasteiger partial charge in [0.25, 0.3) is 0 Å². The third-order valence-electron chi connectivity index (χ3n) is 2.23. The molecule has 0 aliphatic carbocycles. The van der Waals surface area contributed by atoms with Gasteiger partial charge in [0.1, 0.15) is 6.07 Å². The molecule has 0 atom stereocenters. The highest BCUT2D eigenvalue weighted by atomic mass is 16.5. The Hall–Kier alpha value is -2.33. The quantitative estimate of drug-likeness (QED) is 0.740. The van der Waals surface area contributed by atoms with Crippen molar-refractivity contribution in [1.82, 2.24) is 0 Å². The summed E-state index contributed by atoms with van der Waals surface area (Å²) in [5.74, 6) is -0.497. The highest BCUT2D eigenvalue weighted by molar-refractivity contribution is 5.92. The van der Waals surface area contributed by atoms with Crippen molar-refractivity contribution in [2.75, 3.05) is 6.61 Å². The lowest BCUT2D eigenvalue weighted by Gasteiger charge is -2.05. The fourth-order valence-corrected chi connectivity index (χ4v) is 1.42. The minimum absolute atomic E-state index is 0.268. The van der Waals surface area contributed by atoms with Gasteiger partial charge in [0.2, 0.25) is 0 Å². The Morgan fingerprint density at radius 1 is 1.41 bits per heavy atom. The molecule has 0 spiro atoms. The molecule has 0 radical (unpaired) electrons. The summed E-state index contributed by atoms with van der Waals surface area (Å²) in [5, 5.41) is 17.4. The maximum Gasteiger partial charge on any atom is 0.339 e. The average molecular weight is 228 g/mol. The zero-order chi connectivity index (χ0) is 12.7. The summed E-state index contributed by atoms with van der Waals surface area (Å²) in [5.41, 5.74) is 1.42. The summed E-state index contributed by atoms with van der Waals surface area (Å²) < 4.78 is 4.87. The van der Waals surface area contributed by atoms with Crippen LogP contribution < -0.4 is 0 Å². The van der Waals surface area contributed by atoms with Gasteiger partial charge in [-0.25, -0.2) is 4.79 Å². The van der Waals surface area contributed by atoms with Gasteiger partial charge in [0.15, 0.2) is 0 Å². The highest BCUT2D eigenvalue weighted by Gasteiger charge is 2.13. The molecule has 1 rings (SSSR count). The van der Waals surface area contributed by atoms with Gasteiger partial charge < -0.3 is 4.74 Å². The maximum atomic E-state index is 11.6. The number of hydrogen-bond acceptors (Lipinski definition) is 4. The van der Waals surface area contributed by atoms with Gasteiger partial charge in [-0.2, -0.15) is 10.5 Å². The first-order chi connectivity index (χ1) is 8.22. The summed E-state index contributed by atoms with van der Waals surface area (Å²) in [4.78, 5) is 11.6. The third kappa shape index (κ3) is 3.32. The first-order valence-corrected chi connectivity index (χ1v) is 5.30. The SMILES string of the molecule is CCOC(=O)c1cc(CCC#N)ccc1C#N. The Bertz CT molecular complexity index is 495. The van der Waals surface area contributed by atoms with Crippen molar-refractivity contribution in [2.24, 2.45) is 0 Å². The van der Waals surface area contributed by atoms with E-state index in [0.29, 0.717) is 18.4 Å². The molecule has 4 nitrogen and oxygen atoms in total. The zero-order valence-electron chi connectivity index (χ0n) is 9.56. The van der Waals surface area contributed by atoms with Crippen molar-refractivity contribution < 1.29 is 9.53 Å². The molecular weight excluding hydrogens is 216 g/mol. The van der Waals surface area contributed by atoms with Crippen LogP contribution in [0.25, 0.3) is 0 Å². The van der Waals surface area contributed by atoms with Gasteiger partial charge in [0.05, 0.1) is 23.8 Å². The summed E-state index contributed by atoms with van der Waals surface area (Å²) in [6.07, 6.45) is 0.947. The fraction of sp³-hybridized carbons (Fsp3) is 0.308. The molecule has 0 aromatic heterocycles. The minimum atomic E-state index is -0.497. The van der Waals surface area contributed by atoms with E-state index in [1.807, 2.05) is 12.1 Å². The number of nitriles is 2. The molecule has 0 saturated carbocycles. The number of rotatable bonds is 4. The normalized spacial score (nSPS) is 9.12. The van der Waals surface area contributed by atoms with Crippen LogP contribution in [0.5, 0.6) is 0 Å². The highest BCUT2D eigenvalue weighted by Crippen LogP contribution is 2.14. The zero-order valence-corrected chi connectivity index (χ0v) is 9.56. The molecule has 0 aliphatic rings. The molecule has 0 bridgehead atoms. The van der Waals surface area contributed by atoms with Gasteiger partial charge >= 0.3 is 5.97 Å². The van der Waals surface area contributed by atoms with Crippen LogP contribution in [0.3, 0.4) is 0 Å². The van der Waals surface area contributed by atoms with Gasteiger partial charge in [-0.3, -0.25) is 0 Å². The maximum absolute atomic E-state index is 11.6. The first kappa shape index (κ1) is 12.7. The van der Waals surface area contributed by atoms with Crippen LogP contribution in [0.15, 0.2) is 18.2 Å². The average Bonchev–Trinajstić information content (AvgIpc) is 2.36. The van der Waals surface area contributed by atoms with Crippen LogP contribution >= 0.6 is 0 Å². The largest absolute Gasteiger partial charge is 0.462 e. The number of esters is 1. The third-order valence-corrected chi connectivity index (χ3v) is 2.23. The molecule has 0 saturated heterocycles. The molecule has 1 aromatic carbocycles. The predicted molar refractivity (Wildman–Crippen MR) is 61.0 cm³/mol. The monoisotopic (exact) mass is 228 g/mol. The van der Waals surface area contributed by atoms with Crippen LogP contribution in [0.1, 0.15) is 34.8 Å². The predicted octanol–water partition coefficient (Wildman–Crippen LogP) is 2.19. The minimum Gasteiger partial charge on any atom is -0.462 e. The Kier molecular flexibility index (Phi) is 4.72. The van der Waals surface area contributed by atoms with Gasteiger partial charge in [0, 0.05) is 6.42 Å². The summed E-state index contributed by atoms with van der Waals surface area (Å²) >= 11 is 0. The van der Waals surface area contributed by atoms with Gasteiger partial charge in [-0.05, 0) is 31.0 Å². The molecule has 0 aliphatic heterocycles. The lowest BCUT2D eigenvalue weighted by Crippen LogP contribution is -2.07. The molecule has 4 heteroatoms. The van der Waals surface area contributed by atoms with Crippen molar-refractivity contribution in [3.05, 3.63) is 34.9 Å². The van der Waals surface area contributed by atoms with Crippen LogP contribution in [-0.4, -0.2) is 12.6 Å². The molecule has 0 heterocycles. The first-order valence-electron chi connectivity index (χ1n) is 5.30. The molecule has 0 N–H and O–H groups in total. The van der Waals surface area contributed by atoms with Crippen LogP contribution in [-0.2, 0) is 11.2 Å². The number of nitrogens with zero attached hydrogens (tertiary/aromatic N) is 2. The van der Waals surface area contributed by atoms with Gasteiger partial charge in [-0.15, -0.1) is 0 Å². The molecule has 1 aromatic rings. The van der Waals surface area contributed by atoms with E-state index < -0.39 is 5.97 Å². The molecule has 0 fully saturated rings. The van der Waals surface area contributed by atoms with Crippen molar-refractivity contribution >= 4 is 5.97 Å². The second kappa shape index (κ2) is 6.30. The standard InChI is InChI=1S/C13H12N2O2/c1-2-17-13(16)12-8-10(4-3-7-14)5-6-11(12)9-15/h5-6,8H,2-4H2,1H3. The molecule has 0 amide bonds.